The van der Waals surface area contributed by atoms with Crippen LogP contribution in [0.25, 0.3) is 0 Å². The maximum Gasteiger partial charge on any atom is 0.311 e. The number of methoxy groups -OCH3 is 1. The van der Waals surface area contributed by atoms with E-state index in [1.165, 1.54) is 19.2 Å². The second-order valence-electron chi connectivity index (χ2n) is 3.57. The van der Waals surface area contributed by atoms with Crippen molar-refractivity contribution in [3.05, 3.63) is 28.3 Å². The second kappa shape index (κ2) is 6.43. The number of carboxylic acids is 1. The highest BCUT2D eigenvalue weighted by atomic mass is 16.6. The average molecular weight is 254 g/mol. The zero-order valence-electron chi connectivity index (χ0n) is 9.88. The number of carbonyl (C=O) groups is 1. The molecule has 0 aromatic heterocycles. The fourth-order valence-corrected chi connectivity index (χ4v) is 1.41. The van der Waals surface area contributed by atoms with Gasteiger partial charge in [-0.15, -0.1) is 0 Å². The van der Waals surface area contributed by atoms with Crippen LogP contribution in [0.4, 0.5) is 11.4 Å². The molecule has 2 N–H and O–H groups in total. The van der Waals surface area contributed by atoms with Crippen LogP contribution in [0.5, 0.6) is 5.75 Å². The molecule has 0 atom stereocenters. The van der Waals surface area contributed by atoms with Crippen molar-refractivity contribution in [2.45, 2.75) is 12.8 Å². The molecule has 18 heavy (non-hydrogen) atoms. The minimum absolute atomic E-state index is 0.0805. The number of carboxylic acid groups (broad SMARTS) is 1. The highest BCUT2D eigenvalue weighted by molar-refractivity contribution is 5.66. The molecular formula is C11H14N2O5. The summed E-state index contributed by atoms with van der Waals surface area (Å²) in [5.41, 5.74) is 0.552. The summed E-state index contributed by atoms with van der Waals surface area (Å²) in [5.74, 6) is -0.679. The van der Waals surface area contributed by atoms with Crippen LogP contribution in [0.15, 0.2) is 18.2 Å². The molecule has 98 valence electrons. The lowest BCUT2D eigenvalue weighted by Gasteiger charge is -2.07. The van der Waals surface area contributed by atoms with Crippen molar-refractivity contribution in [1.29, 1.82) is 0 Å². The molecule has 0 amide bonds. The number of hydrogen-bond acceptors (Lipinski definition) is 5. The molecule has 0 aliphatic carbocycles. The molecule has 0 unspecified atom stereocenters. The van der Waals surface area contributed by atoms with Gasteiger partial charge >= 0.3 is 11.7 Å². The highest BCUT2D eigenvalue weighted by Crippen LogP contribution is 2.29. The quantitative estimate of drug-likeness (QED) is 0.437. The zero-order valence-corrected chi connectivity index (χ0v) is 9.88. The maximum absolute atomic E-state index is 10.7. The van der Waals surface area contributed by atoms with Gasteiger partial charge < -0.3 is 15.2 Å². The molecule has 0 saturated carbocycles. The first kappa shape index (κ1) is 13.8. The third kappa shape index (κ3) is 3.93. The van der Waals surface area contributed by atoms with Gasteiger partial charge in [-0.2, -0.15) is 0 Å². The normalized spacial score (nSPS) is 9.83. The minimum atomic E-state index is -0.849. The molecule has 7 nitrogen and oxygen atoms in total. The van der Waals surface area contributed by atoms with Crippen LogP contribution in [-0.4, -0.2) is 29.7 Å². The molecule has 1 aromatic rings. The van der Waals surface area contributed by atoms with E-state index in [1.54, 1.807) is 6.07 Å². The van der Waals surface area contributed by atoms with Gasteiger partial charge in [-0.25, -0.2) is 0 Å². The van der Waals surface area contributed by atoms with Gasteiger partial charge in [-0.1, -0.05) is 0 Å². The molecule has 0 radical (unpaired) electrons. The summed E-state index contributed by atoms with van der Waals surface area (Å²) < 4.78 is 4.92. The Balaban J connectivity index is 2.62. The number of nitro benzene ring substituents is 1. The lowest BCUT2D eigenvalue weighted by molar-refractivity contribution is -0.385. The number of nitrogens with one attached hydrogen (secondary N) is 1. The van der Waals surface area contributed by atoms with E-state index < -0.39 is 10.9 Å². The lowest BCUT2D eigenvalue weighted by atomic mass is 10.2. The lowest BCUT2D eigenvalue weighted by Crippen LogP contribution is -2.05. The first-order chi connectivity index (χ1) is 8.54. The van der Waals surface area contributed by atoms with Gasteiger partial charge in [-0.05, 0) is 12.5 Å². The van der Waals surface area contributed by atoms with Crippen molar-refractivity contribution in [2.75, 3.05) is 19.0 Å². The number of hydrogen-bond donors (Lipinski definition) is 2. The summed E-state index contributed by atoms with van der Waals surface area (Å²) in [7, 11) is 1.36. The number of ether oxygens (including phenoxy) is 1. The van der Waals surface area contributed by atoms with E-state index in [4.69, 9.17) is 9.84 Å². The van der Waals surface area contributed by atoms with E-state index in [9.17, 15) is 14.9 Å². The third-order valence-electron chi connectivity index (χ3n) is 2.27. The Morgan fingerprint density at radius 1 is 1.56 bits per heavy atom. The summed E-state index contributed by atoms with van der Waals surface area (Å²) in [4.78, 5) is 20.5. The number of rotatable bonds is 7. The topological polar surface area (TPSA) is 102 Å². The number of anilines is 1. The fraction of sp³-hybridized carbons (Fsp3) is 0.364. The van der Waals surface area contributed by atoms with Crippen molar-refractivity contribution >= 4 is 17.3 Å². The number of aliphatic carboxylic acids is 1. The Morgan fingerprint density at radius 3 is 2.83 bits per heavy atom. The summed E-state index contributed by atoms with van der Waals surface area (Å²) in [5, 5.41) is 22.1. The van der Waals surface area contributed by atoms with Gasteiger partial charge in [0.05, 0.1) is 12.0 Å². The van der Waals surface area contributed by atoms with E-state index >= 15 is 0 Å². The smallest absolute Gasteiger partial charge is 0.311 e. The van der Waals surface area contributed by atoms with E-state index in [0.29, 0.717) is 18.7 Å². The van der Waals surface area contributed by atoms with E-state index in [-0.39, 0.29) is 17.9 Å². The van der Waals surface area contributed by atoms with Crippen LogP contribution in [0.3, 0.4) is 0 Å². The molecule has 0 saturated heterocycles. The molecule has 0 aliphatic heterocycles. The van der Waals surface area contributed by atoms with Crippen molar-refractivity contribution in [3.8, 4) is 5.75 Å². The molecule has 1 aromatic carbocycles. The first-order valence-electron chi connectivity index (χ1n) is 5.32. The van der Waals surface area contributed by atoms with Crippen molar-refractivity contribution < 1.29 is 19.6 Å². The van der Waals surface area contributed by atoms with Crippen molar-refractivity contribution in [2.24, 2.45) is 0 Å². The number of nitro groups is 1. The Bertz CT molecular complexity index is 447. The van der Waals surface area contributed by atoms with Crippen molar-refractivity contribution in [1.82, 2.24) is 0 Å². The maximum atomic E-state index is 10.7. The zero-order chi connectivity index (χ0) is 13.5. The molecule has 7 heteroatoms. The molecule has 0 fully saturated rings. The van der Waals surface area contributed by atoms with E-state index in [0.717, 1.165) is 0 Å². The van der Waals surface area contributed by atoms with Crippen LogP contribution in [-0.2, 0) is 4.79 Å². The van der Waals surface area contributed by atoms with Gasteiger partial charge in [0.25, 0.3) is 0 Å². The molecular weight excluding hydrogens is 240 g/mol. The largest absolute Gasteiger partial charge is 0.490 e. The monoisotopic (exact) mass is 254 g/mol. The Kier molecular flexibility index (Phi) is 4.91. The van der Waals surface area contributed by atoms with Crippen LogP contribution in [0, 0.1) is 10.1 Å². The predicted octanol–water partition coefficient (Wildman–Crippen LogP) is 1.88. The minimum Gasteiger partial charge on any atom is -0.490 e. The highest BCUT2D eigenvalue weighted by Gasteiger charge is 2.14. The van der Waals surface area contributed by atoms with Crippen LogP contribution < -0.4 is 10.1 Å². The van der Waals surface area contributed by atoms with E-state index in [2.05, 4.69) is 5.32 Å². The summed E-state index contributed by atoms with van der Waals surface area (Å²) in [6.45, 7) is 0.479. The second-order valence-corrected chi connectivity index (χ2v) is 3.57. The van der Waals surface area contributed by atoms with Gasteiger partial charge in [0.15, 0.2) is 5.75 Å². The van der Waals surface area contributed by atoms with Crippen molar-refractivity contribution in [3.63, 3.8) is 0 Å². The summed E-state index contributed by atoms with van der Waals surface area (Å²) in [6, 6.07) is 4.42. The predicted molar refractivity (Wildman–Crippen MR) is 65.0 cm³/mol. The molecule has 0 heterocycles. The number of benzene rings is 1. The third-order valence-corrected chi connectivity index (χ3v) is 2.27. The summed E-state index contributed by atoms with van der Waals surface area (Å²) in [6.07, 6.45) is 0.561. The van der Waals surface area contributed by atoms with E-state index in [1.807, 2.05) is 0 Å². The first-order valence-corrected chi connectivity index (χ1v) is 5.32. The average Bonchev–Trinajstić information content (AvgIpc) is 2.33. The van der Waals surface area contributed by atoms with Crippen LogP contribution in [0.1, 0.15) is 12.8 Å². The standard InChI is InChI=1S/C11H14N2O5/c1-18-10-7-8(4-5-9(10)13(16)17)12-6-2-3-11(14)15/h4-5,7,12H,2-3,6H2,1H3,(H,14,15). The van der Waals surface area contributed by atoms with Gasteiger partial charge in [-0.3, -0.25) is 14.9 Å². The van der Waals surface area contributed by atoms with Crippen LogP contribution in [0.2, 0.25) is 0 Å². The molecule has 1 rings (SSSR count). The molecule has 0 bridgehead atoms. The van der Waals surface area contributed by atoms with Gasteiger partial charge in [0.1, 0.15) is 0 Å². The van der Waals surface area contributed by atoms with Crippen LogP contribution >= 0.6 is 0 Å². The fourth-order valence-electron chi connectivity index (χ4n) is 1.41. The van der Waals surface area contributed by atoms with Gasteiger partial charge in [0.2, 0.25) is 0 Å². The molecule has 0 aliphatic rings. The Labute approximate surface area is 104 Å². The molecule has 0 spiro atoms. The SMILES string of the molecule is COc1cc(NCCCC(=O)O)ccc1[N+](=O)[O-]. The Morgan fingerprint density at radius 2 is 2.28 bits per heavy atom. The summed E-state index contributed by atoms with van der Waals surface area (Å²) >= 11 is 0. The number of nitrogens with zero attached hydrogens (tertiary/aromatic N) is 1. The van der Waals surface area contributed by atoms with Gasteiger partial charge in [0, 0.05) is 30.8 Å². The Hall–Kier alpha value is -2.31.